The van der Waals surface area contributed by atoms with Crippen molar-refractivity contribution in [2.24, 2.45) is 5.73 Å². The van der Waals surface area contributed by atoms with Gasteiger partial charge in [-0.1, -0.05) is 0 Å². The first kappa shape index (κ1) is 25.4. The number of ether oxygens (including phenoxy) is 1. The Labute approximate surface area is 171 Å². The number of nitrogens with two attached hydrogens (primary N) is 1. The third-order valence-electron chi connectivity index (χ3n) is 4.15. The second kappa shape index (κ2) is 12.7. The van der Waals surface area contributed by atoms with E-state index in [0.717, 1.165) is 5.69 Å². The summed E-state index contributed by atoms with van der Waals surface area (Å²) >= 11 is 0. The molecule has 0 saturated carbocycles. The number of carbonyl (C=O) groups excluding carboxylic acids is 2. The molecule has 10 heteroatoms. The van der Waals surface area contributed by atoms with E-state index in [1.807, 2.05) is 0 Å². The fraction of sp³-hybridized carbons (Fsp3) is 0.529. The number of rotatable bonds is 7. The number of nitrogens with zero attached hydrogens (tertiary/aromatic N) is 2. The quantitative estimate of drug-likeness (QED) is 0.675. The van der Waals surface area contributed by atoms with Crippen LogP contribution >= 0.6 is 24.8 Å². The van der Waals surface area contributed by atoms with Gasteiger partial charge in [0.1, 0.15) is 11.9 Å². The summed E-state index contributed by atoms with van der Waals surface area (Å²) in [5, 5.41) is 2.64. The van der Waals surface area contributed by atoms with Crippen molar-refractivity contribution in [1.82, 2.24) is 10.2 Å². The van der Waals surface area contributed by atoms with Crippen LogP contribution in [0.25, 0.3) is 0 Å². The van der Waals surface area contributed by atoms with Crippen LogP contribution in [0.4, 0.5) is 10.1 Å². The maximum absolute atomic E-state index is 13.0. The molecule has 1 unspecified atom stereocenters. The summed E-state index contributed by atoms with van der Waals surface area (Å²) in [4.78, 5) is 27.8. The van der Waals surface area contributed by atoms with Gasteiger partial charge in [0, 0.05) is 51.9 Å². The van der Waals surface area contributed by atoms with Gasteiger partial charge in [-0.15, -0.1) is 24.8 Å². The number of hydrogen-bond donors (Lipinski definition) is 2. The number of piperazine rings is 1. The Kier molecular flexibility index (Phi) is 12.0. The van der Waals surface area contributed by atoms with Gasteiger partial charge in [0.25, 0.3) is 0 Å². The van der Waals surface area contributed by atoms with Crippen LogP contribution in [-0.4, -0.2) is 69.2 Å². The summed E-state index contributed by atoms with van der Waals surface area (Å²) < 4.78 is 17.8. The molecular weight excluding hydrogens is 398 g/mol. The van der Waals surface area contributed by atoms with E-state index in [0.29, 0.717) is 26.2 Å². The Morgan fingerprint density at radius 2 is 1.78 bits per heavy atom. The predicted molar refractivity (Wildman–Crippen MR) is 107 cm³/mol. The number of carbonyl (C=O) groups is 2. The van der Waals surface area contributed by atoms with E-state index in [1.54, 1.807) is 17.0 Å². The van der Waals surface area contributed by atoms with Crippen LogP contribution in [0.5, 0.6) is 0 Å². The zero-order valence-corrected chi connectivity index (χ0v) is 16.9. The van der Waals surface area contributed by atoms with E-state index in [2.05, 4.69) is 10.2 Å². The van der Waals surface area contributed by atoms with Crippen LogP contribution in [0.15, 0.2) is 24.3 Å². The molecule has 1 saturated heterocycles. The highest BCUT2D eigenvalue weighted by Crippen LogP contribution is 2.17. The van der Waals surface area contributed by atoms with Crippen molar-refractivity contribution in [3.63, 3.8) is 0 Å². The average molecular weight is 425 g/mol. The molecule has 0 aliphatic carbocycles. The molecule has 1 aromatic rings. The third kappa shape index (κ3) is 7.88. The minimum Gasteiger partial charge on any atom is -0.383 e. The molecule has 0 radical (unpaired) electrons. The Morgan fingerprint density at radius 3 is 2.33 bits per heavy atom. The molecule has 27 heavy (non-hydrogen) atoms. The highest BCUT2D eigenvalue weighted by atomic mass is 35.5. The smallest absolute Gasteiger partial charge is 0.239 e. The lowest BCUT2D eigenvalue weighted by molar-refractivity contribution is -0.131. The Morgan fingerprint density at radius 1 is 1.19 bits per heavy atom. The number of benzene rings is 1. The SMILES string of the molecule is COCC(N)C(=O)NCCC(=O)N1CCN(c2ccc(F)cc2)CC1.Cl.Cl. The van der Waals surface area contributed by atoms with Gasteiger partial charge < -0.3 is 25.6 Å². The fourth-order valence-corrected chi connectivity index (χ4v) is 2.70. The lowest BCUT2D eigenvalue weighted by atomic mass is 10.2. The molecule has 1 aromatic carbocycles. The summed E-state index contributed by atoms with van der Waals surface area (Å²) in [6, 6.07) is 5.63. The summed E-state index contributed by atoms with van der Waals surface area (Å²) in [6.45, 7) is 3.00. The molecule has 1 aliphatic heterocycles. The van der Waals surface area contributed by atoms with Crippen LogP contribution in [0, 0.1) is 5.82 Å². The largest absolute Gasteiger partial charge is 0.383 e. The topological polar surface area (TPSA) is 87.9 Å². The molecule has 154 valence electrons. The molecule has 2 amide bonds. The van der Waals surface area contributed by atoms with E-state index in [9.17, 15) is 14.0 Å². The molecule has 0 aromatic heterocycles. The Balaban J connectivity index is 0.00000338. The van der Waals surface area contributed by atoms with E-state index < -0.39 is 6.04 Å². The van der Waals surface area contributed by atoms with Crippen LogP contribution in [0.3, 0.4) is 0 Å². The van der Waals surface area contributed by atoms with Crippen molar-refractivity contribution < 1.29 is 18.7 Å². The molecular formula is C17H27Cl2FN4O3. The number of hydrogen-bond acceptors (Lipinski definition) is 5. The molecule has 2 rings (SSSR count). The Hall–Kier alpha value is -1.61. The highest BCUT2D eigenvalue weighted by Gasteiger charge is 2.21. The van der Waals surface area contributed by atoms with Gasteiger partial charge >= 0.3 is 0 Å². The normalized spacial score (nSPS) is 14.6. The first-order valence-electron chi connectivity index (χ1n) is 8.32. The monoisotopic (exact) mass is 424 g/mol. The van der Waals surface area contributed by atoms with Crippen LogP contribution in [-0.2, 0) is 14.3 Å². The van der Waals surface area contributed by atoms with Gasteiger partial charge in [-0.25, -0.2) is 4.39 Å². The van der Waals surface area contributed by atoms with Crippen molar-refractivity contribution in [2.45, 2.75) is 12.5 Å². The number of anilines is 1. The van der Waals surface area contributed by atoms with Crippen molar-refractivity contribution in [2.75, 3.05) is 51.3 Å². The van der Waals surface area contributed by atoms with Crippen LogP contribution in [0.1, 0.15) is 6.42 Å². The number of methoxy groups -OCH3 is 1. The van der Waals surface area contributed by atoms with Crippen LogP contribution < -0.4 is 16.0 Å². The molecule has 0 spiro atoms. The van der Waals surface area contributed by atoms with Crippen molar-refractivity contribution in [3.05, 3.63) is 30.1 Å². The van der Waals surface area contributed by atoms with Gasteiger partial charge in [0.05, 0.1) is 6.61 Å². The van der Waals surface area contributed by atoms with Crippen LogP contribution in [0.2, 0.25) is 0 Å². The van der Waals surface area contributed by atoms with E-state index in [4.69, 9.17) is 10.5 Å². The predicted octanol–water partition coefficient (Wildman–Crippen LogP) is 0.798. The fourth-order valence-electron chi connectivity index (χ4n) is 2.70. The maximum atomic E-state index is 13.0. The minimum atomic E-state index is -0.723. The second-order valence-corrected chi connectivity index (χ2v) is 5.95. The molecule has 1 atom stereocenters. The highest BCUT2D eigenvalue weighted by molar-refractivity contribution is 5.85. The molecule has 1 heterocycles. The zero-order valence-electron chi connectivity index (χ0n) is 15.2. The van der Waals surface area contributed by atoms with Gasteiger partial charge in [-0.3, -0.25) is 9.59 Å². The molecule has 7 nitrogen and oxygen atoms in total. The van der Waals surface area contributed by atoms with E-state index >= 15 is 0 Å². The van der Waals surface area contributed by atoms with Gasteiger partial charge in [0.2, 0.25) is 11.8 Å². The van der Waals surface area contributed by atoms with Crippen molar-refractivity contribution in [3.8, 4) is 0 Å². The summed E-state index contributed by atoms with van der Waals surface area (Å²) in [6.07, 6.45) is 0.238. The van der Waals surface area contributed by atoms with Crippen molar-refractivity contribution in [1.29, 1.82) is 0 Å². The van der Waals surface area contributed by atoms with Gasteiger partial charge in [-0.2, -0.15) is 0 Å². The van der Waals surface area contributed by atoms with E-state index in [-0.39, 0.29) is 62.0 Å². The summed E-state index contributed by atoms with van der Waals surface area (Å²) in [7, 11) is 1.47. The van der Waals surface area contributed by atoms with Gasteiger partial charge in [0.15, 0.2) is 0 Å². The second-order valence-electron chi connectivity index (χ2n) is 5.95. The van der Waals surface area contributed by atoms with Gasteiger partial charge in [-0.05, 0) is 24.3 Å². The Bertz CT molecular complexity index is 584. The lowest BCUT2D eigenvalue weighted by Crippen LogP contribution is -2.49. The average Bonchev–Trinajstić information content (AvgIpc) is 2.62. The third-order valence-corrected chi connectivity index (χ3v) is 4.15. The van der Waals surface area contributed by atoms with E-state index in [1.165, 1.54) is 19.2 Å². The number of nitrogens with one attached hydrogen (secondary N) is 1. The first-order valence-corrected chi connectivity index (χ1v) is 8.32. The van der Waals surface area contributed by atoms with Crippen molar-refractivity contribution >= 4 is 42.3 Å². The maximum Gasteiger partial charge on any atom is 0.239 e. The molecule has 3 N–H and O–H groups in total. The zero-order chi connectivity index (χ0) is 18.2. The lowest BCUT2D eigenvalue weighted by Gasteiger charge is -2.36. The summed E-state index contributed by atoms with van der Waals surface area (Å²) in [5.41, 5.74) is 6.56. The number of amides is 2. The standard InChI is InChI=1S/C17H25FN4O3.2ClH/c1-25-12-15(19)17(24)20-7-6-16(23)22-10-8-21(9-11-22)14-4-2-13(18)3-5-14;;/h2-5,15H,6-12,19H2,1H3,(H,20,24);2*1H. The molecule has 0 bridgehead atoms. The molecule has 1 aliphatic rings. The minimum absolute atomic E-state index is 0. The summed E-state index contributed by atoms with van der Waals surface area (Å²) in [5.74, 6) is -0.583. The first-order chi connectivity index (χ1) is 12.0. The number of halogens is 3. The molecule has 1 fully saturated rings.